The van der Waals surface area contributed by atoms with Crippen LogP contribution in [0.3, 0.4) is 0 Å². The average Bonchev–Trinajstić information content (AvgIpc) is 3.38. The van der Waals surface area contributed by atoms with Crippen LogP contribution in [0.5, 0.6) is 0 Å². The van der Waals surface area contributed by atoms with Gasteiger partial charge in [-0.2, -0.15) is 0 Å². The van der Waals surface area contributed by atoms with E-state index in [1.165, 1.54) is 24.4 Å². The van der Waals surface area contributed by atoms with Crippen molar-refractivity contribution in [3.05, 3.63) is 41.6 Å². The van der Waals surface area contributed by atoms with E-state index < -0.39 is 0 Å². The predicted molar refractivity (Wildman–Crippen MR) is 105 cm³/mol. The maximum atomic E-state index is 12.4. The number of hydrogen-bond donors (Lipinski definition) is 1. The van der Waals surface area contributed by atoms with Crippen LogP contribution in [0.1, 0.15) is 28.8 Å². The van der Waals surface area contributed by atoms with Gasteiger partial charge in [0.15, 0.2) is 0 Å². The van der Waals surface area contributed by atoms with Gasteiger partial charge in [-0.25, -0.2) is 0 Å². The number of anilines is 1. The first kappa shape index (κ1) is 18.5. The summed E-state index contributed by atoms with van der Waals surface area (Å²) in [7, 11) is 0. The summed E-state index contributed by atoms with van der Waals surface area (Å²) in [6.45, 7) is 7.13. The average molecular weight is 388 g/mol. The molecule has 2 aliphatic rings. The smallest absolute Gasteiger partial charge is 0.256 e. The fraction of sp³-hybridized carbons (Fsp3) is 0.526. The Kier molecular flexibility index (Phi) is 6.08. The number of nitrogens with zero attached hydrogens (tertiary/aromatic N) is 4. The highest BCUT2D eigenvalue weighted by atomic mass is 32.1. The summed E-state index contributed by atoms with van der Waals surface area (Å²) in [5, 5.41) is 7.23. The molecular formula is C19H25N5O2S. The molecule has 0 bridgehead atoms. The lowest BCUT2D eigenvalue weighted by Gasteiger charge is -2.35. The van der Waals surface area contributed by atoms with E-state index in [2.05, 4.69) is 30.8 Å². The largest absolute Gasteiger partial charge is 0.377 e. The van der Waals surface area contributed by atoms with Crippen LogP contribution >= 0.6 is 11.5 Å². The molecule has 0 radical (unpaired) electrons. The van der Waals surface area contributed by atoms with Gasteiger partial charge >= 0.3 is 0 Å². The number of amides is 1. The Morgan fingerprint density at radius 3 is 2.85 bits per heavy atom. The maximum Gasteiger partial charge on any atom is 0.256 e. The highest BCUT2D eigenvalue weighted by Gasteiger charge is 2.23. The molecule has 144 valence electrons. The van der Waals surface area contributed by atoms with E-state index in [9.17, 15) is 4.79 Å². The van der Waals surface area contributed by atoms with Crippen molar-refractivity contribution >= 4 is 22.4 Å². The molecule has 4 rings (SSSR count). The Labute approximate surface area is 163 Å². The third kappa shape index (κ3) is 5.10. The Morgan fingerprint density at radius 1 is 1.26 bits per heavy atom. The van der Waals surface area contributed by atoms with Crippen molar-refractivity contribution in [2.24, 2.45) is 0 Å². The molecule has 27 heavy (non-hydrogen) atoms. The summed E-state index contributed by atoms with van der Waals surface area (Å²) in [6, 6.07) is 7.85. The minimum absolute atomic E-state index is 0.121. The fourth-order valence-electron chi connectivity index (χ4n) is 3.68. The Morgan fingerprint density at radius 2 is 2.11 bits per heavy atom. The number of aromatic nitrogens is 2. The van der Waals surface area contributed by atoms with Crippen LogP contribution in [-0.2, 0) is 11.3 Å². The van der Waals surface area contributed by atoms with Gasteiger partial charge in [0.1, 0.15) is 5.00 Å². The molecule has 0 spiro atoms. The second kappa shape index (κ2) is 8.88. The van der Waals surface area contributed by atoms with Crippen LogP contribution in [0.25, 0.3) is 0 Å². The number of carbonyl (C=O) groups excluding carboxylic acids is 1. The molecule has 8 heteroatoms. The van der Waals surface area contributed by atoms with Gasteiger partial charge in [0.25, 0.3) is 5.91 Å². The van der Waals surface area contributed by atoms with Gasteiger partial charge in [-0.3, -0.25) is 14.6 Å². The molecule has 0 saturated carbocycles. The van der Waals surface area contributed by atoms with Crippen molar-refractivity contribution in [1.82, 2.24) is 19.4 Å². The number of rotatable bonds is 6. The first-order valence-electron chi connectivity index (χ1n) is 9.50. The molecule has 1 aromatic carbocycles. The number of nitrogens with one attached hydrogen (secondary N) is 1. The molecule has 7 nitrogen and oxygen atoms in total. The quantitative estimate of drug-likeness (QED) is 0.818. The molecule has 2 saturated heterocycles. The molecule has 2 aromatic rings. The lowest BCUT2D eigenvalue weighted by atomic mass is 10.1. The first-order valence-corrected chi connectivity index (χ1v) is 10.3. The molecule has 1 atom stereocenters. The molecule has 3 heterocycles. The third-order valence-corrected chi connectivity index (χ3v) is 5.72. The zero-order valence-electron chi connectivity index (χ0n) is 15.3. The van der Waals surface area contributed by atoms with E-state index in [4.69, 9.17) is 4.74 Å². The van der Waals surface area contributed by atoms with Gasteiger partial charge in [-0.1, -0.05) is 16.6 Å². The number of carbonyl (C=O) groups is 1. The van der Waals surface area contributed by atoms with E-state index in [0.29, 0.717) is 16.7 Å². The van der Waals surface area contributed by atoms with E-state index >= 15 is 0 Å². The number of benzene rings is 1. The number of ether oxygens (including phenoxy) is 1. The van der Waals surface area contributed by atoms with Crippen molar-refractivity contribution in [3.8, 4) is 0 Å². The Balaban J connectivity index is 1.28. The highest BCUT2D eigenvalue weighted by Crippen LogP contribution is 2.17. The Hall–Kier alpha value is -1.87. The van der Waals surface area contributed by atoms with Crippen molar-refractivity contribution < 1.29 is 9.53 Å². The third-order valence-electron chi connectivity index (χ3n) is 5.14. The van der Waals surface area contributed by atoms with Gasteiger partial charge in [-0.15, -0.1) is 5.10 Å². The molecule has 2 fully saturated rings. The maximum absolute atomic E-state index is 12.4. The van der Waals surface area contributed by atoms with Gasteiger partial charge in [0.05, 0.1) is 12.3 Å². The zero-order valence-corrected chi connectivity index (χ0v) is 16.2. The normalized spacial score (nSPS) is 21.4. The summed E-state index contributed by atoms with van der Waals surface area (Å²) in [5.41, 5.74) is 1.83. The molecule has 1 N–H and O–H groups in total. The van der Waals surface area contributed by atoms with Gasteiger partial charge in [0.2, 0.25) is 0 Å². The van der Waals surface area contributed by atoms with E-state index in [-0.39, 0.29) is 5.91 Å². The van der Waals surface area contributed by atoms with Gasteiger partial charge in [0, 0.05) is 63.0 Å². The first-order chi connectivity index (χ1) is 13.3. The molecule has 1 amide bonds. The van der Waals surface area contributed by atoms with Crippen LogP contribution in [0.15, 0.2) is 30.5 Å². The summed E-state index contributed by atoms with van der Waals surface area (Å²) < 4.78 is 9.51. The molecule has 2 aliphatic heterocycles. The lowest BCUT2D eigenvalue weighted by Crippen LogP contribution is -2.48. The van der Waals surface area contributed by atoms with Crippen LogP contribution in [-0.4, -0.2) is 70.7 Å². The summed E-state index contributed by atoms with van der Waals surface area (Å²) in [5.74, 6) is -0.121. The second-order valence-corrected chi connectivity index (χ2v) is 7.93. The minimum atomic E-state index is -0.121. The van der Waals surface area contributed by atoms with Crippen molar-refractivity contribution in [3.63, 3.8) is 0 Å². The Bertz CT molecular complexity index is 740. The molecular weight excluding hydrogens is 362 g/mol. The number of piperazine rings is 1. The molecule has 0 aliphatic carbocycles. The van der Waals surface area contributed by atoms with E-state index in [0.717, 1.165) is 51.4 Å². The van der Waals surface area contributed by atoms with E-state index in [1.54, 1.807) is 6.20 Å². The monoisotopic (exact) mass is 387 g/mol. The topological polar surface area (TPSA) is 70.6 Å². The van der Waals surface area contributed by atoms with Crippen LogP contribution in [0.2, 0.25) is 0 Å². The van der Waals surface area contributed by atoms with Crippen molar-refractivity contribution in [2.45, 2.75) is 25.5 Å². The molecule has 1 aromatic heterocycles. The fourth-order valence-corrected chi connectivity index (χ4v) is 4.10. The summed E-state index contributed by atoms with van der Waals surface area (Å²) >= 11 is 1.18. The standard InChI is InChI=1S/C19H25N5O2S/c25-19(21-18-12-20-22-27-18)16-4-1-3-15(11-16)13-23-6-8-24(9-7-23)14-17-5-2-10-26-17/h1,3-4,11-12,17H,2,5-10,13-14H2,(H,21,25)/t17-/m0/s1. The second-order valence-electron chi connectivity index (χ2n) is 7.15. The van der Waals surface area contributed by atoms with E-state index in [1.807, 2.05) is 18.2 Å². The van der Waals surface area contributed by atoms with Crippen molar-refractivity contribution in [2.75, 3.05) is 44.6 Å². The predicted octanol–water partition coefficient (Wildman–Crippen LogP) is 2.09. The van der Waals surface area contributed by atoms with Crippen molar-refractivity contribution in [1.29, 1.82) is 0 Å². The highest BCUT2D eigenvalue weighted by molar-refractivity contribution is 7.10. The lowest BCUT2D eigenvalue weighted by molar-refractivity contribution is 0.0489. The summed E-state index contributed by atoms with van der Waals surface area (Å²) in [4.78, 5) is 17.3. The molecule has 0 unspecified atom stereocenters. The SMILES string of the molecule is O=C(Nc1cnns1)c1cccc(CN2CCN(C[C@@H]3CCCO3)CC2)c1. The van der Waals surface area contributed by atoms with Crippen LogP contribution < -0.4 is 5.32 Å². The minimum Gasteiger partial charge on any atom is -0.377 e. The summed E-state index contributed by atoms with van der Waals surface area (Å²) in [6.07, 6.45) is 4.39. The number of hydrogen-bond acceptors (Lipinski definition) is 7. The van der Waals surface area contributed by atoms with Crippen LogP contribution in [0.4, 0.5) is 5.00 Å². The van der Waals surface area contributed by atoms with Gasteiger partial charge in [-0.05, 0) is 30.5 Å². The van der Waals surface area contributed by atoms with Crippen LogP contribution in [0, 0.1) is 0 Å². The zero-order chi connectivity index (χ0) is 18.5. The van der Waals surface area contributed by atoms with Gasteiger partial charge < -0.3 is 10.1 Å².